The molecule has 3 aromatic heterocycles. The summed E-state index contributed by atoms with van der Waals surface area (Å²) in [6.45, 7) is 2.14. The van der Waals surface area contributed by atoms with Gasteiger partial charge in [0.25, 0.3) is 0 Å². The van der Waals surface area contributed by atoms with Crippen molar-refractivity contribution < 1.29 is 14.3 Å². The fourth-order valence-corrected chi connectivity index (χ4v) is 6.61. The van der Waals surface area contributed by atoms with Gasteiger partial charge in [0.1, 0.15) is 17.0 Å². The Balaban J connectivity index is 1.39. The lowest BCUT2D eigenvalue weighted by molar-refractivity contribution is -0.137. The Morgan fingerprint density at radius 3 is 2.77 bits per heavy atom. The number of carbonyl (C=O) groups excluding carboxylic acids is 1. The number of hydrogen-bond acceptors (Lipinski definition) is 9. The molecule has 9 nitrogen and oxygen atoms in total. The largest absolute Gasteiger partial charge is 0.383 e. The molecule has 0 saturated carbocycles. The standard InChI is InChI=1S/C24H27N5O4S2/c1-32-9-7-29(8-10-33-2)23(30)14-3-5-16-18(11-14)34-22-20(16)21(25-13-26-22)27-15-4-6-17-19(12-15)35-24(31)28-17/h4,6,12-14H,3,5,7-11H2,1-2H3,(H,28,31)(H,25,26,27)/t14-/m1/s1. The monoisotopic (exact) mass is 513 g/mol. The van der Waals surface area contributed by atoms with Gasteiger partial charge in [-0.25, -0.2) is 9.97 Å². The number of amides is 1. The van der Waals surface area contributed by atoms with Gasteiger partial charge in [0, 0.05) is 43.8 Å². The Morgan fingerprint density at radius 2 is 2.00 bits per heavy atom. The highest BCUT2D eigenvalue weighted by molar-refractivity contribution is 7.19. The van der Waals surface area contributed by atoms with E-state index in [0.717, 1.165) is 44.8 Å². The summed E-state index contributed by atoms with van der Waals surface area (Å²) in [6, 6.07) is 5.78. The summed E-state index contributed by atoms with van der Waals surface area (Å²) in [7, 11) is 3.29. The molecule has 0 spiro atoms. The first-order chi connectivity index (χ1) is 17.1. The normalized spacial score (nSPS) is 15.4. The molecule has 0 fully saturated rings. The second-order valence-corrected chi connectivity index (χ2v) is 10.6. The number of fused-ring (bicyclic) bond motifs is 4. The number of nitrogens with zero attached hydrogens (tertiary/aromatic N) is 3. The van der Waals surface area contributed by atoms with Crippen molar-refractivity contribution in [1.82, 2.24) is 19.9 Å². The Morgan fingerprint density at radius 1 is 1.20 bits per heavy atom. The van der Waals surface area contributed by atoms with Gasteiger partial charge >= 0.3 is 4.87 Å². The highest BCUT2D eigenvalue weighted by Crippen LogP contribution is 2.41. The minimum Gasteiger partial charge on any atom is -0.383 e. The lowest BCUT2D eigenvalue weighted by atomic mass is 9.87. The fraction of sp³-hybridized carbons (Fsp3) is 0.417. The third kappa shape index (κ3) is 4.94. The topological polar surface area (TPSA) is 109 Å². The van der Waals surface area contributed by atoms with Crippen LogP contribution in [0, 0.1) is 5.92 Å². The van der Waals surface area contributed by atoms with Crippen LogP contribution in [0.25, 0.3) is 20.4 Å². The summed E-state index contributed by atoms with van der Waals surface area (Å²) < 4.78 is 11.3. The van der Waals surface area contributed by atoms with E-state index in [0.29, 0.717) is 32.7 Å². The number of aryl methyl sites for hydroxylation is 1. The predicted octanol–water partition coefficient (Wildman–Crippen LogP) is 3.56. The number of hydrogen-bond donors (Lipinski definition) is 2. The fourth-order valence-electron chi connectivity index (χ4n) is 4.57. The van der Waals surface area contributed by atoms with Crippen molar-refractivity contribution in [3.8, 4) is 0 Å². The van der Waals surface area contributed by atoms with Crippen LogP contribution in [0.5, 0.6) is 0 Å². The molecule has 184 valence electrons. The second-order valence-electron chi connectivity index (χ2n) is 8.51. The van der Waals surface area contributed by atoms with E-state index in [1.807, 2.05) is 23.1 Å². The summed E-state index contributed by atoms with van der Waals surface area (Å²) in [6.07, 6.45) is 3.86. The summed E-state index contributed by atoms with van der Waals surface area (Å²) in [5.41, 5.74) is 2.92. The molecule has 1 aromatic carbocycles. The molecule has 3 heterocycles. The third-order valence-electron chi connectivity index (χ3n) is 6.32. The molecule has 0 aliphatic heterocycles. The van der Waals surface area contributed by atoms with Crippen molar-refractivity contribution in [3.63, 3.8) is 0 Å². The van der Waals surface area contributed by atoms with E-state index in [1.165, 1.54) is 21.8 Å². The first-order valence-electron chi connectivity index (χ1n) is 11.5. The molecular formula is C24H27N5O4S2. The highest BCUT2D eigenvalue weighted by atomic mass is 32.1. The zero-order valence-electron chi connectivity index (χ0n) is 19.6. The van der Waals surface area contributed by atoms with E-state index in [1.54, 1.807) is 31.9 Å². The van der Waals surface area contributed by atoms with Crippen LogP contribution >= 0.6 is 22.7 Å². The Bertz CT molecular complexity index is 1400. The van der Waals surface area contributed by atoms with E-state index < -0.39 is 0 Å². The Labute approximate surface area is 210 Å². The molecule has 11 heteroatoms. The van der Waals surface area contributed by atoms with Crippen molar-refractivity contribution in [1.29, 1.82) is 0 Å². The van der Waals surface area contributed by atoms with Crippen molar-refractivity contribution >= 4 is 60.5 Å². The summed E-state index contributed by atoms with van der Waals surface area (Å²) >= 11 is 2.83. The highest BCUT2D eigenvalue weighted by Gasteiger charge is 2.31. The van der Waals surface area contributed by atoms with Crippen LogP contribution in [0.15, 0.2) is 29.3 Å². The number of H-pyrrole nitrogens is 1. The predicted molar refractivity (Wildman–Crippen MR) is 139 cm³/mol. The molecule has 0 radical (unpaired) electrons. The zero-order valence-corrected chi connectivity index (χ0v) is 21.3. The number of anilines is 2. The zero-order chi connectivity index (χ0) is 24.4. The third-order valence-corrected chi connectivity index (χ3v) is 8.33. The molecule has 1 atom stereocenters. The van der Waals surface area contributed by atoms with Gasteiger partial charge < -0.3 is 24.7 Å². The minimum atomic E-state index is -0.0689. The van der Waals surface area contributed by atoms with Gasteiger partial charge in [-0.15, -0.1) is 11.3 Å². The van der Waals surface area contributed by atoms with Gasteiger partial charge in [0.05, 0.1) is 28.8 Å². The van der Waals surface area contributed by atoms with E-state index in [-0.39, 0.29) is 16.7 Å². The van der Waals surface area contributed by atoms with Gasteiger partial charge in [-0.1, -0.05) is 11.3 Å². The van der Waals surface area contributed by atoms with Crippen molar-refractivity contribution in [2.75, 3.05) is 45.8 Å². The van der Waals surface area contributed by atoms with Gasteiger partial charge in [-0.3, -0.25) is 9.59 Å². The number of aromatic amines is 1. The van der Waals surface area contributed by atoms with Crippen LogP contribution in [0.3, 0.4) is 0 Å². The number of thiazole rings is 1. The van der Waals surface area contributed by atoms with E-state index >= 15 is 0 Å². The molecule has 1 amide bonds. The summed E-state index contributed by atoms with van der Waals surface area (Å²) in [5, 5.41) is 4.45. The number of rotatable bonds is 9. The van der Waals surface area contributed by atoms with Gasteiger partial charge in [0.2, 0.25) is 5.91 Å². The van der Waals surface area contributed by atoms with Crippen molar-refractivity contribution in [2.45, 2.75) is 19.3 Å². The second kappa shape index (κ2) is 10.4. The maximum atomic E-state index is 13.3. The van der Waals surface area contributed by atoms with Crippen LogP contribution in [0.2, 0.25) is 0 Å². The van der Waals surface area contributed by atoms with Crippen LogP contribution in [-0.4, -0.2) is 66.3 Å². The average molecular weight is 514 g/mol. The first kappa shape index (κ1) is 23.9. The van der Waals surface area contributed by atoms with Gasteiger partial charge in [0.15, 0.2) is 0 Å². The molecule has 2 N–H and O–H groups in total. The maximum absolute atomic E-state index is 13.3. The number of carbonyl (C=O) groups is 1. The molecule has 0 bridgehead atoms. The molecule has 35 heavy (non-hydrogen) atoms. The molecule has 0 saturated heterocycles. The lowest BCUT2D eigenvalue weighted by Gasteiger charge is -2.29. The SMILES string of the molecule is COCCN(CCOC)C(=O)[C@@H]1CCc2c(sc3ncnc(Nc4ccc5[nH]c(=O)sc5c4)c23)C1. The molecule has 5 rings (SSSR count). The van der Waals surface area contributed by atoms with Crippen LogP contribution < -0.4 is 10.2 Å². The maximum Gasteiger partial charge on any atom is 0.305 e. The van der Waals surface area contributed by atoms with Crippen molar-refractivity contribution in [3.05, 3.63) is 44.6 Å². The van der Waals surface area contributed by atoms with E-state index in [2.05, 4.69) is 20.3 Å². The molecule has 1 aliphatic carbocycles. The summed E-state index contributed by atoms with van der Waals surface area (Å²) in [5.74, 6) is 0.846. The molecular weight excluding hydrogens is 486 g/mol. The van der Waals surface area contributed by atoms with Crippen molar-refractivity contribution in [2.24, 2.45) is 5.92 Å². The lowest BCUT2D eigenvalue weighted by Crippen LogP contribution is -2.41. The Kier molecular flexibility index (Phi) is 7.09. The number of aromatic nitrogens is 3. The van der Waals surface area contributed by atoms with Crippen LogP contribution in [0.4, 0.5) is 11.5 Å². The first-order valence-corrected chi connectivity index (χ1v) is 13.1. The van der Waals surface area contributed by atoms with E-state index in [9.17, 15) is 9.59 Å². The minimum absolute atomic E-state index is 0.0626. The number of ether oxygens (including phenoxy) is 2. The smallest absolute Gasteiger partial charge is 0.305 e. The van der Waals surface area contributed by atoms with Crippen LogP contribution in [0.1, 0.15) is 16.9 Å². The van der Waals surface area contributed by atoms with Gasteiger partial charge in [-0.2, -0.15) is 0 Å². The Hall–Kier alpha value is -2.86. The molecule has 1 aliphatic rings. The summed E-state index contributed by atoms with van der Waals surface area (Å²) in [4.78, 5) is 40.8. The number of nitrogens with one attached hydrogen (secondary N) is 2. The molecule has 4 aromatic rings. The molecule has 0 unspecified atom stereocenters. The quantitative estimate of drug-likeness (QED) is 0.352. The number of methoxy groups -OCH3 is 2. The van der Waals surface area contributed by atoms with Crippen LogP contribution in [-0.2, 0) is 27.1 Å². The average Bonchev–Trinajstić information content (AvgIpc) is 3.42. The van der Waals surface area contributed by atoms with E-state index in [4.69, 9.17) is 9.47 Å². The number of thiophene rings is 1. The number of benzene rings is 1. The van der Waals surface area contributed by atoms with Gasteiger partial charge in [-0.05, 0) is 43.0 Å².